The van der Waals surface area contributed by atoms with Gasteiger partial charge in [-0.2, -0.15) is 0 Å². The summed E-state index contributed by atoms with van der Waals surface area (Å²) in [4.78, 5) is 0. The van der Waals surface area contributed by atoms with Crippen molar-refractivity contribution in [2.75, 3.05) is 0 Å². The van der Waals surface area contributed by atoms with E-state index in [1.807, 2.05) is 0 Å². The van der Waals surface area contributed by atoms with Crippen molar-refractivity contribution in [3.63, 3.8) is 0 Å². The summed E-state index contributed by atoms with van der Waals surface area (Å²) < 4.78 is 1.44. The molecule has 0 amide bonds. The van der Waals surface area contributed by atoms with E-state index in [-0.39, 0.29) is 37.2 Å². The molecule has 5 heteroatoms. The normalized spacial score (nSPS) is 12.1. The second kappa shape index (κ2) is 21.1. The summed E-state index contributed by atoms with van der Waals surface area (Å²) in [6.45, 7) is 2.37. The average molecular weight is 948 g/mol. The molecule has 0 fully saturated rings. The van der Waals surface area contributed by atoms with Crippen LogP contribution in [0.4, 0.5) is 0 Å². The molecule has 314 valence electrons. The minimum Gasteiger partial charge on any atom is -1.00 e. The van der Waals surface area contributed by atoms with E-state index < -0.39 is 8.07 Å². The Hall–Kier alpha value is -5.74. The first-order valence-corrected chi connectivity index (χ1v) is 24.2. The van der Waals surface area contributed by atoms with Gasteiger partial charge in [-0.15, -0.1) is 0 Å². The van der Waals surface area contributed by atoms with Crippen LogP contribution in [0.5, 0.6) is 0 Å². The van der Waals surface area contributed by atoms with Gasteiger partial charge in [0.15, 0.2) is 0 Å². The Kier molecular flexibility index (Phi) is 15.3. The molecule has 0 radical (unpaired) electrons. The topological polar surface area (TPSA) is 0 Å². The van der Waals surface area contributed by atoms with E-state index in [4.69, 9.17) is 0 Å². The molecule has 1 aliphatic rings. The van der Waals surface area contributed by atoms with Crippen molar-refractivity contribution >= 4 is 23.6 Å². The molecule has 0 nitrogen and oxygen atoms in total. The van der Waals surface area contributed by atoms with Crippen molar-refractivity contribution in [1.29, 1.82) is 0 Å². The van der Waals surface area contributed by atoms with Gasteiger partial charge in [-0.25, -0.2) is 0 Å². The summed E-state index contributed by atoms with van der Waals surface area (Å²) >= 11 is 2.39. The summed E-state index contributed by atoms with van der Waals surface area (Å²) in [6.07, 6.45) is 3.41. The SMILES string of the molecule is CC1=CC[C]([Ti+3])=C1[Si](c1cc(-c2ccccc2)cc(-c2ccccc2)c1)(c1cc(-c2ccccc2)cc(-c2ccccc2)c1)c1cc(-c2ccccc2)cc(-c2ccccc2)c1.[Cl-].[Cl-].[Cl-]. The Morgan fingerprint density at radius 3 is 0.708 bits per heavy atom. The summed E-state index contributed by atoms with van der Waals surface area (Å²) in [5, 5.41) is 5.61. The van der Waals surface area contributed by atoms with Crippen molar-refractivity contribution in [2.45, 2.75) is 13.3 Å². The van der Waals surface area contributed by atoms with E-state index in [1.54, 1.807) is 0 Å². The van der Waals surface area contributed by atoms with Gasteiger partial charge in [-0.05, 0) is 0 Å². The average Bonchev–Trinajstić information content (AvgIpc) is 3.69. The fourth-order valence-corrected chi connectivity index (χ4v) is 16.2. The molecule has 0 spiro atoms. The molecule has 9 aromatic rings. The molecule has 0 unspecified atom stereocenters. The maximum atomic E-state index is 2.55. The van der Waals surface area contributed by atoms with Crippen molar-refractivity contribution in [3.05, 3.63) is 257 Å². The van der Waals surface area contributed by atoms with Gasteiger partial charge in [0.05, 0.1) is 0 Å². The number of halogens is 3. The Morgan fingerprint density at radius 2 is 0.523 bits per heavy atom. The van der Waals surface area contributed by atoms with E-state index >= 15 is 0 Å². The molecule has 0 atom stereocenters. The van der Waals surface area contributed by atoms with Gasteiger partial charge in [-0.1, -0.05) is 0 Å². The molecule has 1 aliphatic carbocycles. The van der Waals surface area contributed by atoms with Gasteiger partial charge in [0.2, 0.25) is 0 Å². The Morgan fingerprint density at radius 1 is 0.308 bits per heavy atom. The van der Waals surface area contributed by atoms with Crippen LogP contribution < -0.4 is 52.8 Å². The van der Waals surface area contributed by atoms with Crippen LogP contribution >= 0.6 is 0 Å². The zero-order valence-electron chi connectivity index (χ0n) is 35.9. The fourth-order valence-electron chi connectivity index (χ4n) is 9.47. The smallest absolute Gasteiger partial charge is 1.00 e. The zero-order valence-corrected chi connectivity index (χ0v) is 40.8. The molecule has 0 heterocycles. The standard InChI is InChI=1S/C60H45Si.3ClH.Ti/c1-44-21-20-34-60(44)61(57-38-51(45-22-8-2-9-23-45)35-52(39-57)46-24-10-3-11-25-46,58-40-53(47-26-12-4-13-27-47)36-54(41-58)48-28-14-5-15-29-48)59-42-55(49-30-16-6-17-31-49)37-56(43-59)50-32-18-7-19-33-50;;;;/h2-19,21-33,35-43H,20H2,1H3;3*1H;/q;;;;+3/p-3. The number of hydrogen-bond acceptors (Lipinski definition) is 0. The van der Waals surface area contributed by atoms with Gasteiger partial charge in [0.1, 0.15) is 0 Å². The largest absolute Gasteiger partial charge is 1.00 e. The van der Waals surface area contributed by atoms with Crippen LogP contribution in [0.3, 0.4) is 0 Å². The molecule has 0 saturated heterocycles. The molecular weight excluding hydrogens is 903 g/mol. The molecule has 65 heavy (non-hydrogen) atoms. The maximum Gasteiger partial charge on any atom is -1.00 e. The van der Waals surface area contributed by atoms with Crippen molar-refractivity contribution in [2.24, 2.45) is 0 Å². The molecule has 0 aromatic heterocycles. The number of benzene rings is 9. The fraction of sp³-hybridized carbons (Fsp3) is 0.0333. The van der Waals surface area contributed by atoms with Crippen LogP contribution in [0.1, 0.15) is 13.3 Å². The predicted molar refractivity (Wildman–Crippen MR) is 262 cm³/mol. The summed E-state index contributed by atoms with van der Waals surface area (Å²) in [6, 6.07) is 88.3. The van der Waals surface area contributed by atoms with Gasteiger partial charge in [0.25, 0.3) is 0 Å². The first-order chi connectivity index (χ1) is 30.5. The van der Waals surface area contributed by atoms with Crippen LogP contribution in [0.25, 0.3) is 66.8 Å². The summed E-state index contributed by atoms with van der Waals surface area (Å²) in [5.74, 6) is 0. The Bertz CT molecular complexity index is 2600. The molecule has 9 aromatic carbocycles. The summed E-state index contributed by atoms with van der Waals surface area (Å²) in [7, 11) is -3.29. The molecule has 0 aliphatic heterocycles. The number of hydrogen-bond donors (Lipinski definition) is 0. The Balaban J connectivity index is 0.00000210. The minimum absolute atomic E-state index is 0. The van der Waals surface area contributed by atoms with Crippen molar-refractivity contribution in [1.82, 2.24) is 0 Å². The second-order valence-corrected chi connectivity index (χ2v) is 21.0. The van der Waals surface area contributed by atoms with Crippen LogP contribution in [-0.2, 0) is 20.4 Å². The molecular formula is C60H45Cl3SiTi. The number of allylic oxidation sites excluding steroid dienone is 4. The van der Waals surface area contributed by atoms with E-state index in [9.17, 15) is 0 Å². The van der Waals surface area contributed by atoms with Crippen LogP contribution in [-0.4, -0.2) is 8.07 Å². The van der Waals surface area contributed by atoms with Crippen LogP contribution in [0.2, 0.25) is 0 Å². The van der Waals surface area contributed by atoms with E-state index in [0.29, 0.717) is 0 Å². The maximum absolute atomic E-state index is 3.29. The zero-order chi connectivity index (χ0) is 41.9. The molecule has 0 saturated carbocycles. The van der Waals surface area contributed by atoms with E-state index in [0.717, 1.165) is 6.42 Å². The van der Waals surface area contributed by atoms with E-state index in [1.165, 1.54) is 97.0 Å². The quantitative estimate of drug-likeness (QED) is 0.136. The Labute approximate surface area is 415 Å². The molecule has 10 rings (SSSR count). The monoisotopic (exact) mass is 946 g/mol. The van der Waals surface area contributed by atoms with Gasteiger partial charge >= 0.3 is 381 Å². The van der Waals surface area contributed by atoms with Gasteiger partial charge in [-0.3, -0.25) is 0 Å². The third-order valence-electron chi connectivity index (χ3n) is 12.4. The van der Waals surface area contributed by atoms with Crippen molar-refractivity contribution < 1.29 is 57.7 Å². The molecule has 0 bridgehead atoms. The minimum atomic E-state index is -3.29. The third kappa shape index (κ3) is 9.51. The molecule has 0 N–H and O–H groups in total. The first kappa shape index (κ1) is 47.2. The van der Waals surface area contributed by atoms with Crippen LogP contribution in [0, 0.1) is 0 Å². The van der Waals surface area contributed by atoms with Crippen LogP contribution in [0.15, 0.2) is 257 Å². The van der Waals surface area contributed by atoms with Crippen molar-refractivity contribution in [3.8, 4) is 66.8 Å². The van der Waals surface area contributed by atoms with Gasteiger partial charge < -0.3 is 37.2 Å². The predicted octanol–water partition coefficient (Wildman–Crippen LogP) is 4.86. The number of rotatable bonds is 10. The van der Waals surface area contributed by atoms with E-state index in [2.05, 4.69) is 270 Å². The van der Waals surface area contributed by atoms with Gasteiger partial charge in [0, 0.05) is 0 Å². The first-order valence-electron chi connectivity index (χ1n) is 21.5. The third-order valence-corrected chi connectivity index (χ3v) is 18.4. The summed E-state index contributed by atoms with van der Waals surface area (Å²) in [5.41, 5.74) is 16.0. The second-order valence-electron chi connectivity index (χ2n) is 16.3.